The number of aromatic nitrogens is 5. The number of hydrogen-bond acceptors (Lipinski definition) is 4. The number of anilines is 1. The molecule has 0 aliphatic rings. The van der Waals surface area contributed by atoms with Gasteiger partial charge in [-0.2, -0.15) is 10.2 Å². The van der Waals surface area contributed by atoms with Crippen LogP contribution in [0, 0.1) is 0 Å². The molecule has 0 bridgehead atoms. The first kappa shape index (κ1) is 15.1. The number of rotatable bonds is 6. The number of benzene rings is 2. The Kier molecular flexibility index (Phi) is 4.24. The molecule has 6 heteroatoms. The fourth-order valence-corrected chi connectivity index (χ4v) is 2.69. The molecule has 0 unspecified atom stereocenters. The van der Waals surface area contributed by atoms with Gasteiger partial charge in [0, 0.05) is 24.0 Å². The van der Waals surface area contributed by atoms with Crippen LogP contribution in [-0.4, -0.2) is 24.5 Å². The van der Waals surface area contributed by atoms with E-state index in [-0.39, 0.29) is 0 Å². The molecule has 2 aromatic carbocycles. The zero-order valence-corrected chi connectivity index (χ0v) is 13.7. The highest BCUT2D eigenvalue weighted by atomic mass is 15.3. The Morgan fingerprint density at radius 2 is 1.76 bits per heavy atom. The van der Waals surface area contributed by atoms with Crippen molar-refractivity contribution in [2.24, 2.45) is 0 Å². The highest BCUT2D eigenvalue weighted by molar-refractivity contribution is 5.51. The van der Waals surface area contributed by atoms with Crippen LogP contribution in [0.2, 0.25) is 0 Å². The van der Waals surface area contributed by atoms with Crippen LogP contribution in [0.15, 0.2) is 79.6 Å². The lowest BCUT2D eigenvalue weighted by Gasteiger charge is -2.11. The zero-order chi connectivity index (χ0) is 16.9. The summed E-state index contributed by atoms with van der Waals surface area (Å²) in [5.41, 5.74) is 4.44. The monoisotopic (exact) mass is 330 g/mol. The fraction of sp³-hybridized carbons (Fsp3) is 0.105. The zero-order valence-electron chi connectivity index (χ0n) is 13.7. The molecule has 0 atom stereocenters. The van der Waals surface area contributed by atoms with Crippen molar-refractivity contribution in [3.05, 3.63) is 90.8 Å². The van der Waals surface area contributed by atoms with Crippen LogP contribution in [0.25, 0.3) is 5.69 Å². The first-order chi connectivity index (χ1) is 12.4. The van der Waals surface area contributed by atoms with E-state index in [9.17, 15) is 0 Å². The van der Waals surface area contributed by atoms with Gasteiger partial charge < -0.3 is 5.32 Å². The summed E-state index contributed by atoms with van der Waals surface area (Å²) in [6.07, 6.45) is 7.21. The van der Waals surface area contributed by atoms with E-state index in [4.69, 9.17) is 0 Å². The van der Waals surface area contributed by atoms with Crippen LogP contribution in [-0.2, 0) is 13.1 Å². The lowest BCUT2D eigenvalue weighted by molar-refractivity contribution is 0.685. The maximum atomic E-state index is 4.44. The first-order valence-electron chi connectivity index (χ1n) is 8.12. The number of para-hydroxylation sites is 2. The van der Waals surface area contributed by atoms with Gasteiger partial charge in [-0.25, -0.2) is 14.3 Å². The minimum atomic E-state index is 0.687. The topological polar surface area (TPSA) is 60.6 Å². The van der Waals surface area contributed by atoms with E-state index in [0.717, 1.165) is 16.9 Å². The van der Waals surface area contributed by atoms with Crippen LogP contribution in [0.5, 0.6) is 0 Å². The Hall–Kier alpha value is -3.41. The Morgan fingerprint density at radius 1 is 0.920 bits per heavy atom. The van der Waals surface area contributed by atoms with E-state index in [2.05, 4.69) is 32.6 Å². The molecule has 1 N–H and O–H groups in total. The van der Waals surface area contributed by atoms with E-state index in [1.807, 2.05) is 64.2 Å². The van der Waals surface area contributed by atoms with Gasteiger partial charge in [-0.1, -0.05) is 36.4 Å². The second kappa shape index (κ2) is 7.00. The SMILES string of the molecule is c1ccc(-n2cc(CNc3ccccc3Cn3cncn3)cn2)cc1. The summed E-state index contributed by atoms with van der Waals surface area (Å²) in [6.45, 7) is 1.40. The maximum absolute atomic E-state index is 4.44. The lowest BCUT2D eigenvalue weighted by Crippen LogP contribution is -2.06. The van der Waals surface area contributed by atoms with Gasteiger partial charge in [0.05, 0.1) is 18.4 Å². The molecule has 0 aliphatic heterocycles. The van der Waals surface area contributed by atoms with Crippen molar-refractivity contribution in [3.63, 3.8) is 0 Å². The van der Waals surface area contributed by atoms with Gasteiger partial charge in [0.25, 0.3) is 0 Å². The van der Waals surface area contributed by atoms with E-state index < -0.39 is 0 Å². The van der Waals surface area contributed by atoms with Crippen molar-refractivity contribution < 1.29 is 0 Å². The normalized spacial score (nSPS) is 10.7. The average Bonchev–Trinajstić information content (AvgIpc) is 3.34. The molecular formula is C19H18N6. The van der Waals surface area contributed by atoms with Crippen LogP contribution in [0.4, 0.5) is 5.69 Å². The van der Waals surface area contributed by atoms with Gasteiger partial charge in [-0.15, -0.1) is 0 Å². The third-order valence-corrected chi connectivity index (χ3v) is 3.96. The highest BCUT2D eigenvalue weighted by Gasteiger charge is 2.05. The second-order valence-electron chi connectivity index (χ2n) is 5.73. The highest BCUT2D eigenvalue weighted by Crippen LogP contribution is 2.17. The Morgan fingerprint density at radius 3 is 2.60 bits per heavy atom. The minimum Gasteiger partial charge on any atom is -0.381 e. The van der Waals surface area contributed by atoms with Gasteiger partial charge in [0.2, 0.25) is 0 Å². The molecule has 0 amide bonds. The summed E-state index contributed by atoms with van der Waals surface area (Å²) in [6, 6.07) is 18.3. The van der Waals surface area contributed by atoms with E-state index in [0.29, 0.717) is 13.1 Å². The first-order valence-corrected chi connectivity index (χ1v) is 8.12. The summed E-state index contributed by atoms with van der Waals surface area (Å²) < 4.78 is 3.70. The van der Waals surface area contributed by atoms with Crippen molar-refractivity contribution in [2.45, 2.75) is 13.1 Å². The van der Waals surface area contributed by atoms with Gasteiger partial charge in [-0.3, -0.25) is 0 Å². The summed E-state index contributed by atoms with van der Waals surface area (Å²) in [4.78, 5) is 3.99. The van der Waals surface area contributed by atoms with Crippen molar-refractivity contribution in [3.8, 4) is 5.69 Å². The van der Waals surface area contributed by atoms with Crippen LogP contribution in [0.3, 0.4) is 0 Å². The standard InChI is InChI=1S/C19H18N6/c1-2-7-18(8-3-1)25-12-16(11-22-25)10-21-19-9-5-4-6-17(19)13-24-15-20-14-23-24/h1-9,11-12,14-15,21H,10,13H2. The maximum Gasteiger partial charge on any atom is 0.137 e. The van der Waals surface area contributed by atoms with Crippen LogP contribution in [0.1, 0.15) is 11.1 Å². The quantitative estimate of drug-likeness (QED) is 0.590. The third kappa shape index (κ3) is 3.58. The molecule has 0 spiro atoms. The lowest BCUT2D eigenvalue weighted by atomic mass is 10.1. The predicted molar refractivity (Wildman–Crippen MR) is 96.5 cm³/mol. The van der Waals surface area contributed by atoms with Crippen LogP contribution >= 0.6 is 0 Å². The molecular weight excluding hydrogens is 312 g/mol. The Bertz CT molecular complexity index is 927. The average molecular weight is 330 g/mol. The van der Waals surface area contributed by atoms with Gasteiger partial charge in [-0.05, 0) is 23.8 Å². The van der Waals surface area contributed by atoms with Gasteiger partial charge in [0.15, 0.2) is 0 Å². The van der Waals surface area contributed by atoms with E-state index >= 15 is 0 Å². The molecule has 0 fully saturated rings. The number of nitrogens with zero attached hydrogens (tertiary/aromatic N) is 5. The van der Waals surface area contributed by atoms with E-state index in [1.54, 1.807) is 12.7 Å². The summed E-state index contributed by atoms with van der Waals surface area (Å²) >= 11 is 0. The van der Waals surface area contributed by atoms with Gasteiger partial charge in [0.1, 0.15) is 12.7 Å². The molecule has 4 rings (SSSR count). The molecule has 6 nitrogen and oxygen atoms in total. The molecule has 124 valence electrons. The number of hydrogen-bond donors (Lipinski definition) is 1. The molecule has 25 heavy (non-hydrogen) atoms. The van der Waals surface area contributed by atoms with Gasteiger partial charge >= 0.3 is 0 Å². The second-order valence-corrected chi connectivity index (χ2v) is 5.73. The molecule has 0 aliphatic carbocycles. The smallest absolute Gasteiger partial charge is 0.137 e. The van der Waals surface area contributed by atoms with Crippen LogP contribution < -0.4 is 5.32 Å². The Labute approximate surface area is 145 Å². The van der Waals surface area contributed by atoms with Crippen molar-refractivity contribution in [1.29, 1.82) is 0 Å². The molecule has 2 aromatic heterocycles. The van der Waals surface area contributed by atoms with E-state index in [1.165, 1.54) is 5.56 Å². The molecule has 0 radical (unpaired) electrons. The third-order valence-electron chi connectivity index (χ3n) is 3.96. The number of nitrogens with one attached hydrogen (secondary N) is 1. The summed E-state index contributed by atoms with van der Waals surface area (Å²) in [5, 5.41) is 12.1. The summed E-state index contributed by atoms with van der Waals surface area (Å²) in [7, 11) is 0. The Balaban J connectivity index is 1.46. The minimum absolute atomic E-state index is 0.687. The molecule has 0 saturated heterocycles. The predicted octanol–water partition coefficient (Wildman–Crippen LogP) is 3.12. The summed E-state index contributed by atoms with van der Waals surface area (Å²) in [5.74, 6) is 0. The van der Waals surface area contributed by atoms with Crippen molar-refractivity contribution >= 4 is 5.69 Å². The van der Waals surface area contributed by atoms with Crippen molar-refractivity contribution in [1.82, 2.24) is 24.5 Å². The molecule has 2 heterocycles. The van der Waals surface area contributed by atoms with Crippen molar-refractivity contribution in [2.75, 3.05) is 5.32 Å². The largest absolute Gasteiger partial charge is 0.381 e. The fourth-order valence-electron chi connectivity index (χ4n) is 2.69. The molecule has 0 saturated carbocycles. The molecule has 4 aromatic rings.